The Bertz CT molecular complexity index is 855. The third-order valence-corrected chi connectivity index (χ3v) is 6.53. The van der Waals surface area contributed by atoms with Gasteiger partial charge in [-0.15, -0.1) is 0 Å². The summed E-state index contributed by atoms with van der Waals surface area (Å²) in [6.07, 6.45) is 4.12. The first kappa shape index (κ1) is 20.7. The number of fused-ring (bicyclic) bond motifs is 1. The number of methoxy groups -OCH3 is 2. The Kier molecular flexibility index (Phi) is 6.58. The number of hydrogen-bond donors (Lipinski definition) is 0. The zero-order chi connectivity index (χ0) is 20.9. The molecule has 0 radical (unpaired) electrons. The highest BCUT2D eigenvalue weighted by atomic mass is 16.5. The molecule has 0 saturated carbocycles. The van der Waals surface area contributed by atoms with Gasteiger partial charge in [0.1, 0.15) is 0 Å². The van der Waals surface area contributed by atoms with Crippen molar-refractivity contribution in [3.05, 3.63) is 59.7 Å². The molecular formula is C25H32N2O3. The van der Waals surface area contributed by atoms with Crippen LogP contribution >= 0.6 is 0 Å². The lowest BCUT2D eigenvalue weighted by Gasteiger charge is -2.30. The van der Waals surface area contributed by atoms with E-state index in [-0.39, 0.29) is 5.91 Å². The molecule has 0 N–H and O–H groups in total. The summed E-state index contributed by atoms with van der Waals surface area (Å²) in [5.41, 5.74) is 2.32. The normalized spacial score (nSPS) is 21.7. The quantitative estimate of drug-likeness (QED) is 0.730. The van der Waals surface area contributed by atoms with Crippen LogP contribution in [0.15, 0.2) is 48.5 Å². The smallest absolute Gasteiger partial charge is 0.227 e. The summed E-state index contributed by atoms with van der Waals surface area (Å²) in [5, 5.41) is 0. The van der Waals surface area contributed by atoms with Crippen LogP contribution in [0.25, 0.3) is 0 Å². The highest BCUT2D eigenvalue weighted by Gasteiger charge is 2.39. The van der Waals surface area contributed by atoms with E-state index in [9.17, 15) is 4.79 Å². The maximum atomic E-state index is 13.1. The fraction of sp³-hybridized carbons (Fsp3) is 0.480. The second-order valence-electron chi connectivity index (χ2n) is 8.44. The van der Waals surface area contributed by atoms with Crippen molar-refractivity contribution >= 4 is 5.91 Å². The van der Waals surface area contributed by atoms with Crippen LogP contribution in [0.5, 0.6) is 11.5 Å². The molecule has 0 spiro atoms. The summed E-state index contributed by atoms with van der Waals surface area (Å²) < 4.78 is 10.7. The van der Waals surface area contributed by atoms with Gasteiger partial charge in [0.25, 0.3) is 0 Å². The summed E-state index contributed by atoms with van der Waals surface area (Å²) in [6, 6.07) is 16.9. The molecule has 1 amide bonds. The van der Waals surface area contributed by atoms with Gasteiger partial charge in [0, 0.05) is 25.7 Å². The predicted octanol–water partition coefficient (Wildman–Crippen LogP) is 3.76. The Labute approximate surface area is 179 Å². The fourth-order valence-electron chi connectivity index (χ4n) is 4.93. The first-order chi connectivity index (χ1) is 14.7. The number of benzene rings is 2. The van der Waals surface area contributed by atoms with Crippen molar-refractivity contribution < 1.29 is 14.3 Å². The topological polar surface area (TPSA) is 42.0 Å². The molecule has 2 saturated heterocycles. The average Bonchev–Trinajstić information content (AvgIpc) is 3.12. The molecular weight excluding hydrogens is 376 g/mol. The largest absolute Gasteiger partial charge is 0.493 e. The van der Waals surface area contributed by atoms with E-state index < -0.39 is 0 Å². The van der Waals surface area contributed by atoms with Crippen molar-refractivity contribution in [1.29, 1.82) is 0 Å². The van der Waals surface area contributed by atoms with E-state index in [2.05, 4.69) is 40.1 Å². The van der Waals surface area contributed by atoms with Crippen molar-refractivity contribution in [3.8, 4) is 11.5 Å². The monoisotopic (exact) mass is 408 g/mol. The lowest BCUT2D eigenvalue weighted by atomic mass is 9.98. The van der Waals surface area contributed by atoms with Crippen LogP contribution in [0.1, 0.15) is 30.4 Å². The van der Waals surface area contributed by atoms with Crippen LogP contribution in [0.3, 0.4) is 0 Å². The van der Waals surface area contributed by atoms with Gasteiger partial charge in [0.2, 0.25) is 5.91 Å². The molecule has 2 fully saturated rings. The van der Waals surface area contributed by atoms with Crippen molar-refractivity contribution in [2.24, 2.45) is 5.92 Å². The number of amides is 1. The predicted molar refractivity (Wildman–Crippen MR) is 118 cm³/mol. The Morgan fingerprint density at radius 3 is 2.53 bits per heavy atom. The van der Waals surface area contributed by atoms with Crippen LogP contribution in [-0.4, -0.2) is 55.6 Å². The van der Waals surface area contributed by atoms with E-state index in [0.29, 0.717) is 29.9 Å². The lowest BCUT2D eigenvalue weighted by Crippen LogP contribution is -2.40. The number of nitrogens with zero attached hydrogens (tertiary/aromatic N) is 2. The summed E-state index contributed by atoms with van der Waals surface area (Å²) >= 11 is 0. The maximum absolute atomic E-state index is 13.1. The number of likely N-dealkylation sites (tertiary alicyclic amines) is 2. The molecule has 2 aromatic carbocycles. The van der Waals surface area contributed by atoms with E-state index in [1.807, 2.05) is 18.2 Å². The molecule has 2 aliphatic heterocycles. The molecule has 2 atom stereocenters. The van der Waals surface area contributed by atoms with Gasteiger partial charge in [-0.25, -0.2) is 0 Å². The summed E-state index contributed by atoms with van der Waals surface area (Å²) in [7, 11) is 3.25. The second-order valence-corrected chi connectivity index (χ2v) is 8.44. The molecule has 5 heteroatoms. The Balaban J connectivity index is 1.43. The van der Waals surface area contributed by atoms with Gasteiger partial charge >= 0.3 is 0 Å². The van der Waals surface area contributed by atoms with Crippen LogP contribution in [0.4, 0.5) is 0 Å². The molecule has 30 heavy (non-hydrogen) atoms. The molecule has 2 aliphatic rings. The minimum Gasteiger partial charge on any atom is -0.493 e. The molecule has 0 unspecified atom stereocenters. The summed E-state index contributed by atoms with van der Waals surface area (Å²) in [5.74, 6) is 2.14. The first-order valence-electron chi connectivity index (χ1n) is 10.9. The Morgan fingerprint density at radius 1 is 0.967 bits per heavy atom. The standard InChI is InChI=1S/C25H32N2O3/c1-29-23-12-11-20(14-24(23)30-2)15-25(28)27-17-21-10-6-7-13-26(22(21)18-27)16-19-8-4-3-5-9-19/h3-5,8-9,11-12,14,21-22H,6-7,10,13,15-18H2,1-2H3/t21-,22+/m0/s1. The molecule has 160 valence electrons. The van der Waals surface area contributed by atoms with Gasteiger partial charge in [-0.1, -0.05) is 42.8 Å². The van der Waals surface area contributed by atoms with Crippen LogP contribution in [-0.2, 0) is 17.8 Å². The highest BCUT2D eigenvalue weighted by molar-refractivity contribution is 5.79. The van der Waals surface area contributed by atoms with Crippen molar-refractivity contribution in [2.75, 3.05) is 33.9 Å². The van der Waals surface area contributed by atoms with Crippen molar-refractivity contribution in [2.45, 2.75) is 38.3 Å². The Morgan fingerprint density at radius 2 is 1.77 bits per heavy atom. The minimum absolute atomic E-state index is 0.204. The van der Waals surface area contributed by atoms with Crippen LogP contribution in [0.2, 0.25) is 0 Å². The van der Waals surface area contributed by atoms with E-state index in [0.717, 1.165) is 31.7 Å². The maximum Gasteiger partial charge on any atom is 0.227 e. The number of hydrogen-bond acceptors (Lipinski definition) is 4. The minimum atomic E-state index is 0.204. The average molecular weight is 409 g/mol. The summed E-state index contributed by atoms with van der Waals surface area (Å²) in [6.45, 7) is 3.80. The third-order valence-electron chi connectivity index (χ3n) is 6.53. The number of rotatable bonds is 6. The molecule has 0 aromatic heterocycles. The van der Waals surface area contributed by atoms with Gasteiger partial charge in [0.15, 0.2) is 11.5 Å². The van der Waals surface area contributed by atoms with Crippen LogP contribution < -0.4 is 9.47 Å². The van der Waals surface area contributed by atoms with Crippen molar-refractivity contribution in [3.63, 3.8) is 0 Å². The zero-order valence-corrected chi connectivity index (χ0v) is 18.0. The highest BCUT2D eigenvalue weighted by Crippen LogP contribution is 2.32. The molecule has 5 nitrogen and oxygen atoms in total. The fourth-order valence-corrected chi connectivity index (χ4v) is 4.93. The number of carbonyl (C=O) groups excluding carboxylic acids is 1. The number of ether oxygens (including phenoxy) is 2. The Hall–Kier alpha value is -2.53. The van der Waals surface area contributed by atoms with Gasteiger partial charge in [-0.05, 0) is 48.6 Å². The zero-order valence-electron chi connectivity index (χ0n) is 18.0. The number of carbonyl (C=O) groups is 1. The second kappa shape index (κ2) is 9.52. The van der Waals surface area contributed by atoms with Crippen molar-refractivity contribution in [1.82, 2.24) is 9.80 Å². The molecule has 0 bridgehead atoms. The summed E-state index contributed by atoms with van der Waals surface area (Å²) in [4.78, 5) is 17.8. The molecule has 0 aliphatic carbocycles. The van der Waals surface area contributed by atoms with Gasteiger partial charge < -0.3 is 14.4 Å². The van der Waals surface area contributed by atoms with E-state index >= 15 is 0 Å². The van der Waals surface area contributed by atoms with Gasteiger partial charge in [0.05, 0.1) is 20.6 Å². The molecule has 2 heterocycles. The van der Waals surface area contributed by atoms with E-state index in [4.69, 9.17) is 9.47 Å². The third kappa shape index (κ3) is 4.62. The van der Waals surface area contributed by atoms with Gasteiger partial charge in [-0.3, -0.25) is 9.69 Å². The molecule has 2 aromatic rings. The molecule has 4 rings (SSSR count). The SMILES string of the molecule is COc1ccc(CC(=O)N2C[C@@H]3CCCCN(Cc4ccccc4)[C@@H]3C2)cc1OC. The van der Waals surface area contributed by atoms with Gasteiger partial charge in [-0.2, -0.15) is 0 Å². The van der Waals surface area contributed by atoms with E-state index in [1.54, 1.807) is 14.2 Å². The lowest BCUT2D eigenvalue weighted by molar-refractivity contribution is -0.129. The van der Waals surface area contributed by atoms with Crippen LogP contribution in [0, 0.1) is 5.92 Å². The van der Waals surface area contributed by atoms with E-state index in [1.165, 1.54) is 24.8 Å². The first-order valence-corrected chi connectivity index (χ1v) is 10.9.